The molecule has 2 fully saturated rings. The van der Waals surface area contributed by atoms with Gasteiger partial charge >= 0.3 is 0 Å². The lowest BCUT2D eigenvalue weighted by molar-refractivity contribution is -0.134. The summed E-state index contributed by atoms with van der Waals surface area (Å²) in [7, 11) is 3.44. The van der Waals surface area contributed by atoms with Crippen LogP contribution in [0.2, 0.25) is 0 Å². The van der Waals surface area contributed by atoms with E-state index in [1.165, 1.54) is 0 Å². The molecule has 2 rings (SSSR count). The van der Waals surface area contributed by atoms with Crippen LogP contribution in [-0.2, 0) is 9.59 Å². The van der Waals surface area contributed by atoms with Crippen molar-refractivity contribution in [2.45, 2.75) is 26.2 Å². The number of amides is 2. The first-order valence-corrected chi connectivity index (χ1v) is 7.17. The van der Waals surface area contributed by atoms with Crippen LogP contribution >= 0.6 is 12.4 Å². The van der Waals surface area contributed by atoms with Gasteiger partial charge in [-0.25, -0.2) is 0 Å². The zero-order valence-electron chi connectivity index (χ0n) is 12.6. The topological polar surface area (TPSA) is 61.4 Å². The number of hydrogen-bond donors (Lipinski definition) is 2. The molecular weight excluding hydrogens is 278 g/mol. The lowest BCUT2D eigenvalue weighted by atomic mass is 9.91. The van der Waals surface area contributed by atoms with Crippen LogP contribution < -0.4 is 10.6 Å². The molecule has 1 saturated heterocycles. The number of nitrogens with zero attached hydrogens (tertiary/aromatic N) is 1. The van der Waals surface area contributed by atoms with Crippen molar-refractivity contribution in [1.82, 2.24) is 15.5 Å². The van der Waals surface area contributed by atoms with E-state index in [0.29, 0.717) is 6.54 Å². The van der Waals surface area contributed by atoms with Crippen molar-refractivity contribution in [3.63, 3.8) is 0 Å². The minimum absolute atomic E-state index is 0. The molecular formula is C14H26ClN3O2. The molecule has 0 radical (unpaired) electrons. The van der Waals surface area contributed by atoms with E-state index in [4.69, 9.17) is 0 Å². The van der Waals surface area contributed by atoms with Gasteiger partial charge in [0.25, 0.3) is 0 Å². The quantitative estimate of drug-likeness (QED) is 0.801. The van der Waals surface area contributed by atoms with Gasteiger partial charge in [0.15, 0.2) is 0 Å². The van der Waals surface area contributed by atoms with Crippen molar-refractivity contribution in [2.75, 3.05) is 33.7 Å². The van der Waals surface area contributed by atoms with Gasteiger partial charge in [0.2, 0.25) is 11.8 Å². The molecule has 1 heterocycles. The maximum Gasteiger partial charge on any atom is 0.226 e. The second-order valence-corrected chi connectivity index (χ2v) is 6.10. The number of halogens is 1. The van der Waals surface area contributed by atoms with Gasteiger partial charge in [-0.05, 0) is 37.8 Å². The van der Waals surface area contributed by atoms with Gasteiger partial charge in [-0.3, -0.25) is 9.59 Å². The largest absolute Gasteiger partial charge is 0.359 e. The van der Waals surface area contributed by atoms with Gasteiger partial charge in [0, 0.05) is 26.6 Å². The Labute approximate surface area is 127 Å². The Morgan fingerprint density at radius 1 is 1.40 bits per heavy atom. The maximum absolute atomic E-state index is 12.4. The fraction of sp³-hybridized carbons (Fsp3) is 0.857. The highest BCUT2D eigenvalue weighted by Crippen LogP contribution is 2.59. The molecule has 1 aliphatic heterocycles. The standard InChI is InChI=1S/C14H25N3O2.ClH/c1-10(12(18)15-2)9-17(3)13(19)11-8-14(11)4-6-16-7-5-14;/h10-11,16H,4-9H2,1-3H3,(H,15,18);1H. The third kappa shape index (κ3) is 3.44. The van der Waals surface area contributed by atoms with Crippen LogP contribution in [0.15, 0.2) is 0 Å². The third-order valence-corrected chi connectivity index (χ3v) is 4.71. The van der Waals surface area contributed by atoms with Gasteiger partial charge < -0.3 is 15.5 Å². The molecule has 2 aliphatic rings. The van der Waals surface area contributed by atoms with Crippen LogP contribution in [0.5, 0.6) is 0 Å². The molecule has 2 amide bonds. The second kappa shape index (κ2) is 6.76. The Morgan fingerprint density at radius 2 is 2.00 bits per heavy atom. The molecule has 0 bridgehead atoms. The molecule has 2 atom stereocenters. The molecule has 20 heavy (non-hydrogen) atoms. The third-order valence-electron chi connectivity index (χ3n) is 4.71. The molecule has 2 N–H and O–H groups in total. The SMILES string of the molecule is CNC(=O)C(C)CN(C)C(=O)C1CC12CCNCC2.Cl. The highest BCUT2D eigenvalue weighted by molar-refractivity contribution is 5.85. The molecule has 1 spiro atoms. The Kier molecular flexibility index (Phi) is 5.83. The van der Waals surface area contributed by atoms with Crippen LogP contribution in [0.1, 0.15) is 26.2 Å². The first-order chi connectivity index (χ1) is 9.00. The summed E-state index contributed by atoms with van der Waals surface area (Å²) in [6.45, 7) is 4.42. The summed E-state index contributed by atoms with van der Waals surface area (Å²) in [6, 6.07) is 0. The molecule has 0 aromatic heterocycles. The molecule has 2 unspecified atom stereocenters. The minimum Gasteiger partial charge on any atom is -0.359 e. The molecule has 1 saturated carbocycles. The van der Waals surface area contributed by atoms with Crippen molar-refractivity contribution in [3.8, 4) is 0 Å². The number of rotatable bonds is 4. The van der Waals surface area contributed by atoms with Gasteiger partial charge in [0.1, 0.15) is 0 Å². The van der Waals surface area contributed by atoms with Crippen molar-refractivity contribution in [3.05, 3.63) is 0 Å². The normalized spacial score (nSPS) is 24.4. The zero-order chi connectivity index (χ0) is 14.0. The van der Waals surface area contributed by atoms with Gasteiger partial charge in [-0.15, -0.1) is 12.4 Å². The average Bonchev–Trinajstić information content (AvgIpc) is 3.10. The maximum atomic E-state index is 12.4. The summed E-state index contributed by atoms with van der Waals surface area (Å²) in [5.74, 6) is 0.253. The molecule has 5 nitrogen and oxygen atoms in total. The van der Waals surface area contributed by atoms with E-state index in [9.17, 15) is 9.59 Å². The van der Waals surface area contributed by atoms with E-state index < -0.39 is 0 Å². The number of carbonyl (C=O) groups is 2. The fourth-order valence-electron chi connectivity index (χ4n) is 3.27. The summed E-state index contributed by atoms with van der Waals surface area (Å²) < 4.78 is 0. The van der Waals surface area contributed by atoms with Crippen molar-refractivity contribution in [1.29, 1.82) is 0 Å². The van der Waals surface area contributed by atoms with Gasteiger partial charge in [-0.2, -0.15) is 0 Å². The molecule has 1 aliphatic carbocycles. The summed E-state index contributed by atoms with van der Waals surface area (Å²) in [4.78, 5) is 25.6. The first-order valence-electron chi connectivity index (χ1n) is 7.17. The Hall–Kier alpha value is -0.810. The summed E-state index contributed by atoms with van der Waals surface area (Å²) >= 11 is 0. The van der Waals surface area contributed by atoms with Crippen LogP contribution in [0.25, 0.3) is 0 Å². The smallest absolute Gasteiger partial charge is 0.226 e. The number of piperidine rings is 1. The van der Waals surface area contributed by atoms with E-state index in [-0.39, 0.29) is 41.5 Å². The van der Waals surface area contributed by atoms with E-state index in [2.05, 4.69) is 10.6 Å². The van der Waals surface area contributed by atoms with E-state index in [1.807, 2.05) is 14.0 Å². The predicted octanol–water partition coefficient (Wildman–Crippen LogP) is 0.638. The summed E-state index contributed by atoms with van der Waals surface area (Å²) in [5, 5.41) is 5.97. The number of hydrogen-bond acceptors (Lipinski definition) is 3. The number of nitrogens with one attached hydrogen (secondary N) is 2. The van der Waals surface area contributed by atoms with Gasteiger partial charge in [0.05, 0.1) is 5.92 Å². The van der Waals surface area contributed by atoms with Crippen molar-refractivity contribution >= 4 is 24.2 Å². The molecule has 0 aromatic rings. The molecule has 116 valence electrons. The monoisotopic (exact) mass is 303 g/mol. The van der Waals surface area contributed by atoms with Crippen molar-refractivity contribution in [2.24, 2.45) is 17.3 Å². The Bertz CT molecular complexity index is 369. The van der Waals surface area contributed by atoms with Crippen molar-refractivity contribution < 1.29 is 9.59 Å². The average molecular weight is 304 g/mol. The Morgan fingerprint density at radius 3 is 2.55 bits per heavy atom. The van der Waals surface area contributed by atoms with Crippen LogP contribution in [-0.4, -0.2) is 50.4 Å². The predicted molar refractivity (Wildman–Crippen MR) is 80.8 cm³/mol. The highest BCUT2D eigenvalue weighted by Gasteiger charge is 2.58. The van der Waals surface area contributed by atoms with Crippen LogP contribution in [0, 0.1) is 17.3 Å². The van der Waals surface area contributed by atoms with E-state index in [1.54, 1.807) is 11.9 Å². The molecule has 0 aromatic carbocycles. The van der Waals surface area contributed by atoms with E-state index in [0.717, 1.165) is 32.4 Å². The molecule has 6 heteroatoms. The lowest BCUT2D eigenvalue weighted by Gasteiger charge is -2.26. The Balaban J connectivity index is 0.00000200. The van der Waals surface area contributed by atoms with Crippen LogP contribution in [0.4, 0.5) is 0 Å². The minimum atomic E-state index is -0.151. The fourth-order valence-corrected chi connectivity index (χ4v) is 3.27. The second-order valence-electron chi connectivity index (χ2n) is 6.10. The van der Waals surface area contributed by atoms with Crippen LogP contribution in [0.3, 0.4) is 0 Å². The zero-order valence-corrected chi connectivity index (χ0v) is 13.4. The summed E-state index contributed by atoms with van der Waals surface area (Å²) in [5.41, 5.74) is 0.271. The van der Waals surface area contributed by atoms with Gasteiger partial charge in [-0.1, -0.05) is 6.92 Å². The summed E-state index contributed by atoms with van der Waals surface area (Å²) in [6.07, 6.45) is 3.26. The first kappa shape index (κ1) is 17.2. The van der Waals surface area contributed by atoms with E-state index >= 15 is 0 Å². The lowest BCUT2D eigenvalue weighted by Crippen LogP contribution is -2.39. The highest BCUT2D eigenvalue weighted by atomic mass is 35.5. The number of carbonyl (C=O) groups excluding carboxylic acids is 2.